The van der Waals surface area contributed by atoms with Gasteiger partial charge in [-0.05, 0) is 45.4 Å². The van der Waals surface area contributed by atoms with Gasteiger partial charge in [0.05, 0.1) is 12.5 Å². The van der Waals surface area contributed by atoms with Crippen LogP contribution < -0.4 is 16.4 Å². The molecule has 4 N–H and O–H groups in total. The maximum atomic E-state index is 12.1. The molecule has 0 fully saturated rings. The summed E-state index contributed by atoms with van der Waals surface area (Å²) in [4.78, 5) is 35.3. The van der Waals surface area contributed by atoms with Crippen LogP contribution >= 0.6 is 11.6 Å². The maximum Gasteiger partial charge on any atom is 0.312 e. The number of ether oxygens (including phenoxy) is 1. The number of urea groups is 1. The van der Waals surface area contributed by atoms with Crippen LogP contribution in [0.25, 0.3) is 0 Å². The standard InChI is InChI=1S/C17H24ClN3O4/c1-10(15(23)21-17(2,3)4)25-14(22)9-13(20-16(19)24)11-5-7-12(18)8-6-11/h5-8,10,13H,9H2,1-4H3,(H,21,23)(H3,19,20,24)/t10-,13+/m0/s1. The summed E-state index contributed by atoms with van der Waals surface area (Å²) in [6.45, 7) is 6.96. The number of rotatable bonds is 6. The van der Waals surface area contributed by atoms with Gasteiger partial charge in [-0.2, -0.15) is 0 Å². The van der Waals surface area contributed by atoms with E-state index in [9.17, 15) is 14.4 Å². The number of halogens is 1. The number of carbonyl (C=O) groups excluding carboxylic acids is 3. The molecule has 0 heterocycles. The van der Waals surface area contributed by atoms with E-state index in [-0.39, 0.29) is 6.42 Å². The molecule has 1 rings (SSSR count). The molecule has 0 saturated heterocycles. The third-order valence-corrected chi connectivity index (χ3v) is 3.39. The van der Waals surface area contributed by atoms with E-state index in [1.807, 2.05) is 20.8 Å². The minimum absolute atomic E-state index is 0.169. The van der Waals surface area contributed by atoms with Crippen LogP contribution in [0, 0.1) is 0 Å². The van der Waals surface area contributed by atoms with E-state index in [1.54, 1.807) is 24.3 Å². The van der Waals surface area contributed by atoms with E-state index in [1.165, 1.54) is 6.92 Å². The molecule has 0 radical (unpaired) electrons. The lowest BCUT2D eigenvalue weighted by atomic mass is 10.0. The van der Waals surface area contributed by atoms with E-state index in [0.29, 0.717) is 10.6 Å². The van der Waals surface area contributed by atoms with Crippen LogP contribution in [0.3, 0.4) is 0 Å². The SMILES string of the molecule is C[C@H](OC(=O)C[C@@H](NC(N)=O)c1ccc(Cl)cc1)C(=O)NC(C)(C)C. The first kappa shape index (κ1) is 20.8. The molecule has 1 aromatic carbocycles. The van der Waals surface area contributed by atoms with Gasteiger partial charge in [-0.25, -0.2) is 4.79 Å². The van der Waals surface area contributed by atoms with Crippen molar-refractivity contribution in [2.75, 3.05) is 0 Å². The molecule has 7 nitrogen and oxygen atoms in total. The fourth-order valence-electron chi connectivity index (χ4n) is 2.06. The first-order chi connectivity index (χ1) is 11.5. The summed E-state index contributed by atoms with van der Waals surface area (Å²) in [7, 11) is 0. The molecule has 0 aromatic heterocycles. The zero-order chi connectivity index (χ0) is 19.2. The van der Waals surface area contributed by atoms with E-state index in [4.69, 9.17) is 22.1 Å². The Hall–Kier alpha value is -2.28. The van der Waals surface area contributed by atoms with Crippen molar-refractivity contribution in [1.29, 1.82) is 0 Å². The van der Waals surface area contributed by atoms with Crippen molar-refractivity contribution in [1.82, 2.24) is 10.6 Å². The summed E-state index contributed by atoms with van der Waals surface area (Å²) in [5.74, 6) is -1.03. The topological polar surface area (TPSA) is 111 Å². The zero-order valence-corrected chi connectivity index (χ0v) is 15.5. The second-order valence-electron chi connectivity index (χ2n) is 6.69. The van der Waals surface area contributed by atoms with Gasteiger partial charge in [0.2, 0.25) is 0 Å². The van der Waals surface area contributed by atoms with Crippen molar-refractivity contribution in [2.45, 2.75) is 51.8 Å². The summed E-state index contributed by atoms with van der Waals surface area (Å²) in [6.07, 6.45) is -1.12. The maximum absolute atomic E-state index is 12.1. The van der Waals surface area contributed by atoms with Crippen molar-refractivity contribution in [2.24, 2.45) is 5.73 Å². The van der Waals surface area contributed by atoms with E-state index < -0.39 is 35.6 Å². The number of nitrogens with one attached hydrogen (secondary N) is 2. The Balaban J connectivity index is 2.73. The van der Waals surface area contributed by atoms with Crippen molar-refractivity contribution >= 4 is 29.5 Å². The molecular weight excluding hydrogens is 346 g/mol. The number of primary amides is 1. The number of benzene rings is 1. The van der Waals surface area contributed by atoms with Crippen molar-refractivity contribution in [3.63, 3.8) is 0 Å². The van der Waals surface area contributed by atoms with Crippen LogP contribution in [0.1, 0.15) is 45.7 Å². The summed E-state index contributed by atoms with van der Waals surface area (Å²) < 4.78 is 5.15. The Morgan fingerprint density at radius 1 is 1.20 bits per heavy atom. The molecule has 8 heteroatoms. The molecule has 138 valence electrons. The van der Waals surface area contributed by atoms with Crippen LogP contribution in [-0.4, -0.2) is 29.6 Å². The number of esters is 1. The summed E-state index contributed by atoms with van der Waals surface area (Å²) in [5.41, 5.74) is 5.37. The highest BCUT2D eigenvalue weighted by molar-refractivity contribution is 6.30. The predicted octanol–water partition coefficient (Wildman–Crippen LogP) is 2.29. The lowest BCUT2D eigenvalue weighted by Gasteiger charge is -2.24. The largest absolute Gasteiger partial charge is 0.452 e. The highest BCUT2D eigenvalue weighted by Gasteiger charge is 2.24. The van der Waals surface area contributed by atoms with E-state index >= 15 is 0 Å². The number of hydrogen-bond acceptors (Lipinski definition) is 4. The van der Waals surface area contributed by atoms with Gasteiger partial charge < -0.3 is 21.1 Å². The molecule has 0 spiro atoms. The molecule has 0 unspecified atom stereocenters. The minimum atomic E-state index is -0.953. The van der Waals surface area contributed by atoms with Crippen LogP contribution in [0.4, 0.5) is 4.79 Å². The fraction of sp³-hybridized carbons (Fsp3) is 0.471. The van der Waals surface area contributed by atoms with Crippen LogP contribution in [0.5, 0.6) is 0 Å². The Kier molecular flexibility index (Phi) is 7.23. The predicted molar refractivity (Wildman–Crippen MR) is 95.0 cm³/mol. The average Bonchev–Trinajstić information content (AvgIpc) is 2.44. The Morgan fingerprint density at radius 2 is 1.76 bits per heavy atom. The molecule has 0 aliphatic rings. The van der Waals surface area contributed by atoms with Gasteiger partial charge in [0, 0.05) is 10.6 Å². The van der Waals surface area contributed by atoms with Gasteiger partial charge in [-0.15, -0.1) is 0 Å². The average molecular weight is 370 g/mol. The smallest absolute Gasteiger partial charge is 0.312 e. The molecule has 0 aliphatic heterocycles. The van der Waals surface area contributed by atoms with Gasteiger partial charge in [0.15, 0.2) is 6.10 Å². The van der Waals surface area contributed by atoms with Gasteiger partial charge >= 0.3 is 12.0 Å². The number of hydrogen-bond donors (Lipinski definition) is 3. The minimum Gasteiger partial charge on any atom is -0.452 e. The molecule has 25 heavy (non-hydrogen) atoms. The number of nitrogens with two attached hydrogens (primary N) is 1. The molecule has 3 amide bonds. The van der Waals surface area contributed by atoms with E-state index in [0.717, 1.165) is 0 Å². The zero-order valence-electron chi connectivity index (χ0n) is 14.8. The van der Waals surface area contributed by atoms with Gasteiger partial charge in [-0.3, -0.25) is 9.59 Å². The molecule has 2 atom stereocenters. The summed E-state index contributed by atoms with van der Waals surface area (Å²) in [6, 6.07) is 5.17. The van der Waals surface area contributed by atoms with Crippen LogP contribution in [0.2, 0.25) is 5.02 Å². The fourth-order valence-corrected chi connectivity index (χ4v) is 2.18. The third-order valence-electron chi connectivity index (χ3n) is 3.14. The lowest BCUT2D eigenvalue weighted by Crippen LogP contribution is -2.46. The molecule has 0 aliphatic carbocycles. The van der Waals surface area contributed by atoms with Crippen molar-refractivity contribution in [3.8, 4) is 0 Å². The first-order valence-corrected chi connectivity index (χ1v) is 8.18. The molecule has 0 saturated carbocycles. The Labute approximate surface area is 152 Å². The summed E-state index contributed by atoms with van der Waals surface area (Å²) in [5, 5.41) is 5.73. The molecular formula is C17H24ClN3O4. The van der Waals surface area contributed by atoms with Gasteiger partial charge in [-0.1, -0.05) is 23.7 Å². The second kappa shape index (κ2) is 8.71. The number of amides is 3. The van der Waals surface area contributed by atoms with Crippen LogP contribution in [0.15, 0.2) is 24.3 Å². The highest BCUT2D eigenvalue weighted by atomic mass is 35.5. The normalized spacial score (nSPS) is 13.5. The lowest BCUT2D eigenvalue weighted by molar-refractivity contribution is -0.155. The molecule has 1 aromatic rings. The molecule has 0 bridgehead atoms. The highest BCUT2D eigenvalue weighted by Crippen LogP contribution is 2.20. The summed E-state index contributed by atoms with van der Waals surface area (Å²) >= 11 is 5.84. The number of carbonyl (C=O) groups is 3. The van der Waals surface area contributed by atoms with Crippen molar-refractivity contribution < 1.29 is 19.1 Å². The second-order valence-corrected chi connectivity index (χ2v) is 7.12. The Morgan fingerprint density at radius 3 is 2.24 bits per heavy atom. The van der Waals surface area contributed by atoms with Gasteiger partial charge in [0.1, 0.15) is 0 Å². The Bertz CT molecular complexity index is 626. The van der Waals surface area contributed by atoms with Crippen LogP contribution in [-0.2, 0) is 14.3 Å². The quantitative estimate of drug-likeness (QED) is 0.668. The monoisotopic (exact) mass is 369 g/mol. The van der Waals surface area contributed by atoms with Gasteiger partial charge in [0.25, 0.3) is 5.91 Å². The van der Waals surface area contributed by atoms with E-state index in [2.05, 4.69) is 10.6 Å². The first-order valence-electron chi connectivity index (χ1n) is 7.81. The van der Waals surface area contributed by atoms with Crippen molar-refractivity contribution in [3.05, 3.63) is 34.9 Å². The third kappa shape index (κ3) is 7.89.